The fourth-order valence-electron chi connectivity index (χ4n) is 1.21. The molecule has 0 aliphatic carbocycles. The van der Waals surface area contributed by atoms with Crippen LogP contribution in [0.1, 0.15) is 25.3 Å². The van der Waals surface area contributed by atoms with Gasteiger partial charge in [-0.05, 0) is 36.8 Å². The maximum Gasteiger partial charge on any atom is 0.122 e. The number of hydrogen-bond acceptors (Lipinski definition) is 1. The minimum absolute atomic E-state index is 0.750. The summed E-state index contributed by atoms with van der Waals surface area (Å²) in [5.74, 6) is 0.920. The van der Waals surface area contributed by atoms with Crippen molar-refractivity contribution in [3.8, 4) is 0 Å². The van der Waals surface area contributed by atoms with E-state index in [1.54, 1.807) is 7.11 Å². The van der Waals surface area contributed by atoms with Gasteiger partial charge in [-0.3, -0.25) is 0 Å². The molecule has 0 saturated carbocycles. The second-order valence-electron chi connectivity index (χ2n) is 3.07. The van der Waals surface area contributed by atoms with E-state index in [0.29, 0.717) is 0 Å². The average Bonchev–Trinajstić information content (AvgIpc) is 2.21. The third kappa shape index (κ3) is 3.08. The Morgan fingerprint density at radius 3 is 2.50 bits per heavy atom. The molecule has 0 aromatic heterocycles. The van der Waals surface area contributed by atoms with E-state index in [9.17, 15) is 0 Å². The number of halogens is 1. The standard InChI is InChI=1S/C12H15ClO/c1-3-4-5-12(14-2)10-6-8-11(13)9-7-10/h5-9H,3-4H2,1-2H3/b12-5+. The lowest BCUT2D eigenvalue weighted by Crippen LogP contribution is -1.86. The SMILES string of the molecule is CCC/C=C(/OC)c1ccc(Cl)cc1. The van der Waals surface area contributed by atoms with Crippen molar-refractivity contribution >= 4 is 17.4 Å². The number of hydrogen-bond donors (Lipinski definition) is 0. The van der Waals surface area contributed by atoms with Crippen LogP contribution in [0.2, 0.25) is 5.02 Å². The van der Waals surface area contributed by atoms with Gasteiger partial charge in [0.05, 0.1) is 7.11 Å². The van der Waals surface area contributed by atoms with Crippen molar-refractivity contribution in [2.24, 2.45) is 0 Å². The molecule has 1 rings (SSSR count). The van der Waals surface area contributed by atoms with Gasteiger partial charge in [0.1, 0.15) is 5.76 Å². The molecule has 0 radical (unpaired) electrons. The third-order valence-electron chi connectivity index (χ3n) is 1.97. The second-order valence-corrected chi connectivity index (χ2v) is 3.50. The molecule has 0 fully saturated rings. The Kier molecular flexibility index (Phi) is 4.54. The van der Waals surface area contributed by atoms with Gasteiger partial charge in [0, 0.05) is 10.6 Å². The van der Waals surface area contributed by atoms with Crippen LogP contribution in [0.4, 0.5) is 0 Å². The van der Waals surface area contributed by atoms with E-state index in [1.165, 1.54) is 0 Å². The molecule has 0 atom stereocenters. The van der Waals surface area contributed by atoms with E-state index < -0.39 is 0 Å². The lowest BCUT2D eigenvalue weighted by molar-refractivity contribution is 0.368. The zero-order valence-electron chi connectivity index (χ0n) is 8.59. The highest BCUT2D eigenvalue weighted by Gasteiger charge is 1.99. The minimum Gasteiger partial charge on any atom is -0.496 e. The van der Waals surface area contributed by atoms with Crippen LogP contribution in [-0.2, 0) is 4.74 Å². The first-order valence-electron chi connectivity index (χ1n) is 4.78. The summed E-state index contributed by atoms with van der Waals surface area (Å²) in [6.45, 7) is 2.14. The van der Waals surface area contributed by atoms with Gasteiger partial charge in [-0.25, -0.2) is 0 Å². The van der Waals surface area contributed by atoms with Crippen molar-refractivity contribution in [3.05, 3.63) is 40.9 Å². The predicted octanol–water partition coefficient (Wildman–Crippen LogP) is 4.13. The Bertz CT molecular complexity index is 301. The Labute approximate surface area is 90.3 Å². The molecule has 1 aromatic rings. The van der Waals surface area contributed by atoms with Crippen LogP contribution >= 0.6 is 11.6 Å². The van der Waals surface area contributed by atoms with Crippen LogP contribution in [-0.4, -0.2) is 7.11 Å². The molecular weight excluding hydrogens is 196 g/mol. The maximum absolute atomic E-state index is 5.80. The molecule has 0 aliphatic heterocycles. The molecule has 2 heteroatoms. The molecule has 1 aromatic carbocycles. The predicted molar refractivity (Wildman–Crippen MR) is 61.3 cm³/mol. The Balaban J connectivity index is 2.84. The first kappa shape index (κ1) is 11.1. The molecule has 0 unspecified atom stereocenters. The normalized spacial score (nSPS) is 11.5. The number of ether oxygens (including phenoxy) is 1. The van der Waals surface area contributed by atoms with Crippen molar-refractivity contribution < 1.29 is 4.74 Å². The first-order valence-corrected chi connectivity index (χ1v) is 5.15. The van der Waals surface area contributed by atoms with Gasteiger partial charge in [0.15, 0.2) is 0 Å². The highest BCUT2D eigenvalue weighted by molar-refractivity contribution is 6.30. The third-order valence-corrected chi connectivity index (χ3v) is 2.22. The maximum atomic E-state index is 5.80. The molecule has 0 heterocycles. The molecule has 0 N–H and O–H groups in total. The molecular formula is C12H15ClO. The summed E-state index contributed by atoms with van der Waals surface area (Å²) >= 11 is 5.80. The molecule has 1 nitrogen and oxygen atoms in total. The number of methoxy groups -OCH3 is 1. The average molecular weight is 211 g/mol. The summed E-state index contributed by atoms with van der Waals surface area (Å²) in [6.07, 6.45) is 4.26. The van der Waals surface area contributed by atoms with Gasteiger partial charge < -0.3 is 4.74 Å². The van der Waals surface area contributed by atoms with E-state index in [0.717, 1.165) is 29.2 Å². The molecule has 14 heavy (non-hydrogen) atoms. The quantitative estimate of drug-likeness (QED) is 0.680. The van der Waals surface area contributed by atoms with Crippen LogP contribution in [0.15, 0.2) is 30.3 Å². The van der Waals surface area contributed by atoms with Gasteiger partial charge in [-0.2, -0.15) is 0 Å². The molecule has 0 saturated heterocycles. The van der Waals surface area contributed by atoms with Gasteiger partial charge in [-0.1, -0.05) is 24.9 Å². The van der Waals surface area contributed by atoms with Gasteiger partial charge >= 0.3 is 0 Å². The number of benzene rings is 1. The lowest BCUT2D eigenvalue weighted by atomic mass is 10.1. The number of unbranched alkanes of at least 4 members (excludes halogenated alkanes) is 1. The van der Waals surface area contributed by atoms with Crippen molar-refractivity contribution in [1.82, 2.24) is 0 Å². The minimum atomic E-state index is 0.750. The van der Waals surface area contributed by atoms with E-state index in [-0.39, 0.29) is 0 Å². The van der Waals surface area contributed by atoms with E-state index >= 15 is 0 Å². The highest BCUT2D eigenvalue weighted by atomic mass is 35.5. The topological polar surface area (TPSA) is 9.23 Å². The Hall–Kier alpha value is -0.950. The summed E-state index contributed by atoms with van der Waals surface area (Å²) in [5, 5.41) is 0.750. The molecule has 0 spiro atoms. The van der Waals surface area contributed by atoms with Gasteiger partial charge in [0.2, 0.25) is 0 Å². The lowest BCUT2D eigenvalue weighted by Gasteiger charge is -2.06. The summed E-state index contributed by atoms with van der Waals surface area (Å²) in [5.41, 5.74) is 1.07. The summed E-state index contributed by atoms with van der Waals surface area (Å²) in [7, 11) is 1.69. The van der Waals surface area contributed by atoms with Crippen LogP contribution in [0, 0.1) is 0 Å². The van der Waals surface area contributed by atoms with Crippen LogP contribution in [0.5, 0.6) is 0 Å². The molecule has 76 valence electrons. The summed E-state index contributed by atoms with van der Waals surface area (Å²) in [6, 6.07) is 7.67. The van der Waals surface area contributed by atoms with E-state index in [2.05, 4.69) is 13.0 Å². The summed E-state index contributed by atoms with van der Waals surface area (Å²) < 4.78 is 5.30. The zero-order chi connectivity index (χ0) is 10.4. The van der Waals surface area contributed by atoms with Crippen molar-refractivity contribution in [1.29, 1.82) is 0 Å². The molecule has 0 bridgehead atoms. The van der Waals surface area contributed by atoms with Crippen LogP contribution < -0.4 is 0 Å². The zero-order valence-corrected chi connectivity index (χ0v) is 9.34. The fraction of sp³-hybridized carbons (Fsp3) is 0.333. The van der Waals surface area contributed by atoms with E-state index in [1.807, 2.05) is 24.3 Å². The Morgan fingerprint density at radius 1 is 1.36 bits per heavy atom. The smallest absolute Gasteiger partial charge is 0.122 e. The largest absolute Gasteiger partial charge is 0.496 e. The van der Waals surface area contributed by atoms with Crippen molar-refractivity contribution in [2.45, 2.75) is 19.8 Å². The fourth-order valence-corrected chi connectivity index (χ4v) is 1.33. The van der Waals surface area contributed by atoms with Crippen molar-refractivity contribution in [3.63, 3.8) is 0 Å². The number of rotatable bonds is 4. The van der Waals surface area contributed by atoms with Crippen molar-refractivity contribution in [2.75, 3.05) is 7.11 Å². The van der Waals surface area contributed by atoms with Crippen LogP contribution in [0.25, 0.3) is 5.76 Å². The summed E-state index contributed by atoms with van der Waals surface area (Å²) in [4.78, 5) is 0. The number of allylic oxidation sites excluding steroid dienone is 1. The molecule has 0 amide bonds. The van der Waals surface area contributed by atoms with Crippen LogP contribution in [0.3, 0.4) is 0 Å². The molecule has 0 aliphatic rings. The Morgan fingerprint density at radius 2 is 2.00 bits per heavy atom. The van der Waals surface area contributed by atoms with E-state index in [4.69, 9.17) is 16.3 Å². The van der Waals surface area contributed by atoms with Gasteiger partial charge in [-0.15, -0.1) is 0 Å². The highest BCUT2D eigenvalue weighted by Crippen LogP contribution is 2.18. The first-order chi connectivity index (χ1) is 6.77. The van der Waals surface area contributed by atoms with Gasteiger partial charge in [0.25, 0.3) is 0 Å². The monoisotopic (exact) mass is 210 g/mol. The second kappa shape index (κ2) is 5.71.